The van der Waals surface area contributed by atoms with Gasteiger partial charge in [-0.2, -0.15) is 0 Å². The van der Waals surface area contributed by atoms with Gasteiger partial charge in [0.05, 0.1) is 28.3 Å². The highest BCUT2D eigenvalue weighted by Crippen LogP contribution is 2.43. The summed E-state index contributed by atoms with van der Waals surface area (Å²) in [5.41, 5.74) is 2.46. The lowest BCUT2D eigenvalue weighted by Gasteiger charge is -2.26. The van der Waals surface area contributed by atoms with Crippen LogP contribution in [0.3, 0.4) is 0 Å². The summed E-state index contributed by atoms with van der Waals surface area (Å²) >= 11 is 12.4. The molecule has 1 amide bonds. The second-order valence-electron chi connectivity index (χ2n) is 7.64. The number of aryl methyl sites for hydroxylation is 1. The smallest absolute Gasteiger partial charge is 0.300 e. The molecular weight excluding hydrogens is 461 g/mol. The van der Waals surface area contributed by atoms with E-state index in [0.29, 0.717) is 34.2 Å². The van der Waals surface area contributed by atoms with Crippen molar-refractivity contribution in [3.05, 3.63) is 99.0 Å². The predicted octanol–water partition coefficient (Wildman–Crippen LogP) is 6.33. The number of aliphatic hydroxyl groups excluding tert-OH is 1. The summed E-state index contributed by atoms with van der Waals surface area (Å²) in [6.45, 7) is 4.31. The van der Waals surface area contributed by atoms with Crippen LogP contribution >= 0.6 is 23.2 Å². The fraction of sp³-hybridized carbons (Fsp3) is 0.154. The number of ether oxygens (including phenoxy) is 1. The Morgan fingerprint density at radius 1 is 0.970 bits per heavy atom. The number of hydrogen-bond acceptors (Lipinski definition) is 4. The molecule has 0 spiro atoms. The minimum absolute atomic E-state index is 0.0249. The summed E-state index contributed by atoms with van der Waals surface area (Å²) in [6, 6.07) is 17.9. The summed E-state index contributed by atoms with van der Waals surface area (Å²) in [6.07, 6.45) is 0. The molecule has 0 saturated carbocycles. The summed E-state index contributed by atoms with van der Waals surface area (Å²) in [5.74, 6) is -1.15. The molecular formula is C26H21Cl2NO4. The molecule has 33 heavy (non-hydrogen) atoms. The van der Waals surface area contributed by atoms with Crippen LogP contribution in [0.5, 0.6) is 5.75 Å². The molecule has 1 heterocycles. The van der Waals surface area contributed by atoms with E-state index in [1.54, 1.807) is 54.6 Å². The third kappa shape index (κ3) is 4.34. The zero-order chi connectivity index (χ0) is 23.7. The number of carbonyl (C=O) groups excluding carboxylic acids is 2. The van der Waals surface area contributed by atoms with E-state index in [9.17, 15) is 14.7 Å². The topological polar surface area (TPSA) is 66.8 Å². The van der Waals surface area contributed by atoms with E-state index in [1.807, 2.05) is 26.0 Å². The quantitative estimate of drug-likeness (QED) is 0.262. The molecule has 7 heteroatoms. The second-order valence-corrected chi connectivity index (χ2v) is 8.45. The number of Topliss-reactive ketones (excluding diaryl/α,β-unsaturated/α-hetero) is 1. The first-order valence-corrected chi connectivity index (χ1v) is 11.1. The van der Waals surface area contributed by atoms with Gasteiger partial charge in [-0.3, -0.25) is 14.5 Å². The third-order valence-electron chi connectivity index (χ3n) is 5.45. The summed E-state index contributed by atoms with van der Waals surface area (Å²) in [5, 5.41) is 11.8. The van der Waals surface area contributed by atoms with Crippen molar-refractivity contribution in [1.29, 1.82) is 0 Å². The van der Waals surface area contributed by atoms with Crippen molar-refractivity contribution in [2.24, 2.45) is 0 Å². The van der Waals surface area contributed by atoms with Crippen LogP contribution in [0.15, 0.2) is 72.3 Å². The Bertz CT molecular complexity index is 1250. The molecule has 4 rings (SSSR count). The molecule has 1 aliphatic heterocycles. The first-order chi connectivity index (χ1) is 15.8. The number of halogens is 2. The van der Waals surface area contributed by atoms with Gasteiger partial charge in [0.2, 0.25) is 0 Å². The van der Waals surface area contributed by atoms with Crippen LogP contribution in [0.25, 0.3) is 5.76 Å². The first kappa shape index (κ1) is 22.9. The van der Waals surface area contributed by atoms with Gasteiger partial charge in [-0.1, -0.05) is 47.0 Å². The second kappa shape index (κ2) is 9.30. The van der Waals surface area contributed by atoms with E-state index >= 15 is 0 Å². The number of rotatable bonds is 5. The van der Waals surface area contributed by atoms with Gasteiger partial charge in [-0.15, -0.1) is 0 Å². The maximum atomic E-state index is 13.2. The minimum atomic E-state index is -0.881. The van der Waals surface area contributed by atoms with E-state index in [-0.39, 0.29) is 16.4 Å². The molecule has 1 aliphatic rings. The number of ketones is 1. The van der Waals surface area contributed by atoms with Gasteiger partial charge in [0.1, 0.15) is 11.5 Å². The van der Waals surface area contributed by atoms with Crippen LogP contribution in [0.1, 0.15) is 29.7 Å². The van der Waals surface area contributed by atoms with Crippen molar-refractivity contribution >= 4 is 46.3 Å². The van der Waals surface area contributed by atoms with E-state index in [2.05, 4.69) is 0 Å². The number of carbonyl (C=O) groups is 2. The molecule has 0 aliphatic carbocycles. The third-order valence-corrected chi connectivity index (χ3v) is 6.19. The van der Waals surface area contributed by atoms with Gasteiger partial charge in [0.25, 0.3) is 11.7 Å². The molecule has 1 N–H and O–H groups in total. The van der Waals surface area contributed by atoms with Crippen LogP contribution in [0.2, 0.25) is 10.0 Å². The average Bonchev–Trinajstić information content (AvgIpc) is 3.07. The SMILES string of the molecule is CCOc1ccc(/C(O)=C2/C(=O)C(=O)N(c3ccc(C)cc3)C2c2ccc(Cl)c(Cl)c2)cc1. The molecule has 0 radical (unpaired) electrons. The number of amides is 1. The zero-order valence-electron chi connectivity index (χ0n) is 18.0. The highest BCUT2D eigenvalue weighted by atomic mass is 35.5. The van der Waals surface area contributed by atoms with Crippen LogP contribution < -0.4 is 9.64 Å². The number of benzene rings is 3. The Morgan fingerprint density at radius 2 is 1.64 bits per heavy atom. The summed E-state index contributed by atoms with van der Waals surface area (Å²) < 4.78 is 5.45. The van der Waals surface area contributed by atoms with E-state index in [0.717, 1.165) is 5.56 Å². The Balaban J connectivity index is 1.90. The van der Waals surface area contributed by atoms with Crippen LogP contribution in [-0.2, 0) is 9.59 Å². The molecule has 1 fully saturated rings. The fourth-order valence-electron chi connectivity index (χ4n) is 3.83. The van der Waals surface area contributed by atoms with E-state index < -0.39 is 17.7 Å². The predicted molar refractivity (Wildman–Crippen MR) is 130 cm³/mol. The molecule has 0 aromatic heterocycles. The summed E-state index contributed by atoms with van der Waals surface area (Å²) in [4.78, 5) is 27.7. The molecule has 3 aromatic carbocycles. The number of aliphatic hydroxyl groups is 1. The summed E-state index contributed by atoms with van der Waals surface area (Å²) in [7, 11) is 0. The van der Waals surface area contributed by atoms with Gasteiger partial charge >= 0.3 is 0 Å². The molecule has 1 atom stereocenters. The maximum absolute atomic E-state index is 13.2. The van der Waals surface area contributed by atoms with Crippen LogP contribution in [0, 0.1) is 6.92 Å². The highest BCUT2D eigenvalue weighted by Gasteiger charge is 2.47. The lowest BCUT2D eigenvalue weighted by molar-refractivity contribution is -0.132. The average molecular weight is 482 g/mol. The van der Waals surface area contributed by atoms with Gasteiger partial charge in [0, 0.05) is 11.3 Å². The monoisotopic (exact) mass is 481 g/mol. The lowest BCUT2D eigenvalue weighted by atomic mass is 9.95. The zero-order valence-corrected chi connectivity index (χ0v) is 19.5. The fourth-order valence-corrected chi connectivity index (χ4v) is 4.14. The Morgan fingerprint density at radius 3 is 2.24 bits per heavy atom. The Labute approximate surface area is 201 Å². The van der Waals surface area contributed by atoms with Crippen LogP contribution in [-0.4, -0.2) is 23.4 Å². The van der Waals surface area contributed by atoms with Crippen molar-refractivity contribution in [1.82, 2.24) is 0 Å². The van der Waals surface area contributed by atoms with Gasteiger partial charge in [-0.05, 0) is 67.9 Å². The van der Waals surface area contributed by atoms with Crippen molar-refractivity contribution in [3.8, 4) is 5.75 Å². The number of hydrogen-bond donors (Lipinski definition) is 1. The molecule has 168 valence electrons. The largest absolute Gasteiger partial charge is 0.507 e. The van der Waals surface area contributed by atoms with E-state index in [4.69, 9.17) is 27.9 Å². The molecule has 1 unspecified atom stereocenters. The number of nitrogens with zero attached hydrogens (tertiary/aromatic N) is 1. The standard InChI is InChI=1S/C26H21Cl2NO4/c1-3-33-19-11-6-16(7-12-19)24(30)22-23(17-8-13-20(27)21(28)14-17)29(26(32)25(22)31)18-9-4-15(2)5-10-18/h4-14,23,30H,3H2,1-2H3/b24-22-. The lowest BCUT2D eigenvalue weighted by Crippen LogP contribution is -2.29. The van der Waals surface area contributed by atoms with Gasteiger partial charge in [-0.25, -0.2) is 0 Å². The van der Waals surface area contributed by atoms with Crippen LogP contribution in [0.4, 0.5) is 5.69 Å². The molecule has 5 nitrogen and oxygen atoms in total. The van der Waals surface area contributed by atoms with Crippen molar-refractivity contribution in [2.45, 2.75) is 19.9 Å². The Hall–Kier alpha value is -3.28. The Kier molecular flexibility index (Phi) is 6.45. The molecule has 0 bridgehead atoms. The highest BCUT2D eigenvalue weighted by molar-refractivity contribution is 6.51. The number of anilines is 1. The minimum Gasteiger partial charge on any atom is -0.507 e. The molecule has 1 saturated heterocycles. The van der Waals surface area contributed by atoms with Crippen molar-refractivity contribution in [3.63, 3.8) is 0 Å². The van der Waals surface area contributed by atoms with Crippen molar-refractivity contribution < 1.29 is 19.4 Å². The first-order valence-electron chi connectivity index (χ1n) is 10.4. The normalized spacial score (nSPS) is 17.5. The molecule has 3 aromatic rings. The van der Waals surface area contributed by atoms with Gasteiger partial charge in [0.15, 0.2) is 0 Å². The maximum Gasteiger partial charge on any atom is 0.300 e. The van der Waals surface area contributed by atoms with Crippen molar-refractivity contribution in [2.75, 3.05) is 11.5 Å². The van der Waals surface area contributed by atoms with Gasteiger partial charge < -0.3 is 9.84 Å². The van der Waals surface area contributed by atoms with E-state index in [1.165, 1.54) is 4.90 Å².